The summed E-state index contributed by atoms with van der Waals surface area (Å²) in [5, 5.41) is 0. The Hall–Kier alpha value is -1.55. The van der Waals surface area contributed by atoms with Crippen LogP contribution in [0.2, 0.25) is 0 Å². The van der Waals surface area contributed by atoms with E-state index in [1.807, 2.05) is 26.0 Å². The van der Waals surface area contributed by atoms with E-state index >= 15 is 0 Å². The number of hydrogen-bond acceptors (Lipinski definition) is 3. The molecule has 0 heterocycles. The Labute approximate surface area is 109 Å². The van der Waals surface area contributed by atoms with Crippen molar-refractivity contribution >= 4 is 5.91 Å². The molecule has 1 aromatic rings. The van der Waals surface area contributed by atoms with Gasteiger partial charge in [0.15, 0.2) is 6.10 Å². The van der Waals surface area contributed by atoms with Crippen LogP contribution in [0.1, 0.15) is 23.6 Å². The number of nitrogens with zero attached hydrogens (tertiary/aromatic N) is 1. The van der Waals surface area contributed by atoms with Gasteiger partial charge in [-0.05, 0) is 37.5 Å². The number of ether oxygens (including phenoxy) is 1. The minimum absolute atomic E-state index is 0.0447. The van der Waals surface area contributed by atoms with Gasteiger partial charge in [0, 0.05) is 20.6 Å². The zero-order valence-corrected chi connectivity index (χ0v) is 11.8. The molecule has 0 radical (unpaired) electrons. The lowest BCUT2D eigenvalue weighted by molar-refractivity contribution is -0.135. The average Bonchev–Trinajstić information content (AvgIpc) is 2.31. The molecular weight excluding hydrogens is 228 g/mol. The number of carbonyl (C=O) groups excluding carboxylic acids is 1. The van der Waals surface area contributed by atoms with Gasteiger partial charge in [0.25, 0.3) is 5.91 Å². The third kappa shape index (κ3) is 3.23. The Kier molecular flexibility index (Phi) is 4.73. The summed E-state index contributed by atoms with van der Waals surface area (Å²) in [6, 6.07) is 3.99. The number of likely N-dealkylation sites (N-methyl/N-ethyl adjacent to an activating group) is 1. The molecule has 0 aliphatic carbocycles. The first-order valence-corrected chi connectivity index (χ1v) is 6.04. The highest BCUT2D eigenvalue weighted by molar-refractivity contribution is 5.80. The largest absolute Gasteiger partial charge is 0.480 e. The lowest BCUT2D eigenvalue weighted by Crippen LogP contribution is -2.35. The standard InChI is InChI=1S/C14H22N2O2/c1-9-6-12(8-15)7-10(2)13(9)18-11(3)14(17)16(4)5/h6-7,11H,8,15H2,1-5H3. The Bertz CT molecular complexity index is 418. The molecule has 0 aliphatic rings. The van der Waals surface area contributed by atoms with Crippen LogP contribution >= 0.6 is 0 Å². The minimum atomic E-state index is -0.485. The smallest absolute Gasteiger partial charge is 0.262 e. The van der Waals surface area contributed by atoms with Gasteiger partial charge in [0.1, 0.15) is 5.75 Å². The Morgan fingerprint density at radius 2 is 1.83 bits per heavy atom. The molecule has 4 heteroatoms. The van der Waals surface area contributed by atoms with E-state index in [0.717, 1.165) is 22.4 Å². The second-order valence-electron chi connectivity index (χ2n) is 4.76. The summed E-state index contributed by atoms with van der Waals surface area (Å²) in [7, 11) is 3.44. The third-order valence-corrected chi connectivity index (χ3v) is 2.84. The molecule has 0 fully saturated rings. The summed E-state index contributed by atoms with van der Waals surface area (Å²) in [6.07, 6.45) is -0.485. The van der Waals surface area contributed by atoms with E-state index in [9.17, 15) is 4.79 Å². The highest BCUT2D eigenvalue weighted by atomic mass is 16.5. The van der Waals surface area contributed by atoms with Gasteiger partial charge >= 0.3 is 0 Å². The molecule has 0 saturated heterocycles. The number of amides is 1. The lowest BCUT2D eigenvalue weighted by atomic mass is 10.1. The summed E-state index contributed by atoms with van der Waals surface area (Å²) in [5.41, 5.74) is 8.71. The second-order valence-corrected chi connectivity index (χ2v) is 4.76. The van der Waals surface area contributed by atoms with Crippen LogP contribution < -0.4 is 10.5 Å². The Morgan fingerprint density at radius 1 is 1.33 bits per heavy atom. The van der Waals surface area contributed by atoms with Gasteiger partial charge in [-0.3, -0.25) is 4.79 Å². The minimum Gasteiger partial charge on any atom is -0.480 e. The molecule has 1 atom stereocenters. The van der Waals surface area contributed by atoms with Crippen LogP contribution in [0.25, 0.3) is 0 Å². The number of benzene rings is 1. The topological polar surface area (TPSA) is 55.6 Å². The van der Waals surface area contributed by atoms with Crippen molar-refractivity contribution in [3.05, 3.63) is 28.8 Å². The molecule has 18 heavy (non-hydrogen) atoms. The van der Waals surface area contributed by atoms with Crippen LogP contribution in [0.4, 0.5) is 0 Å². The summed E-state index contributed by atoms with van der Waals surface area (Å²) < 4.78 is 5.77. The zero-order chi connectivity index (χ0) is 13.9. The molecule has 0 aromatic heterocycles. The van der Waals surface area contributed by atoms with E-state index in [1.165, 1.54) is 4.90 Å². The monoisotopic (exact) mass is 250 g/mol. The molecule has 1 rings (SSSR count). The molecule has 0 aliphatic heterocycles. The van der Waals surface area contributed by atoms with E-state index in [4.69, 9.17) is 10.5 Å². The number of nitrogens with two attached hydrogens (primary N) is 1. The van der Waals surface area contributed by atoms with E-state index in [0.29, 0.717) is 6.54 Å². The van der Waals surface area contributed by atoms with Crippen molar-refractivity contribution in [1.29, 1.82) is 0 Å². The molecule has 1 unspecified atom stereocenters. The highest BCUT2D eigenvalue weighted by Crippen LogP contribution is 2.26. The van der Waals surface area contributed by atoms with Crippen LogP contribution in [0.5, 0.6) is 5.75 Å². The fraction of sp³-hybridized carbons (Fsp3) is 0.500. The van der Waals surface area contributed by atoms with E-state index < -0.39 is 6.10 Å². The third-order valence-electron chi connectivity index (χ3n) is 2.84. The van der Waals surface area contributed by atoms with Gasteiger partial charge in [0.05, 0.1) is 0 Å². The van der Waals surface area contributed by atoms with Gasteiger partial charge in [0.2, 0.25) is 0 Å². The quantitative estimate of drug-likeness (QED) is 0.883. The maximum absolute atomic E-state index is 11.8. The molecule has 1 aromatic carbocycles. The molecule has 2 N–H and O–H groups in total. The fourth-order valence-electron chi connectivity index (χ4n) is 1.93. The van der Waals surface area contributed by atoms with Gasteiger partial charge < -0.3 is 15.4 Å². The molecule has 100 valence electrons. The van der Waals surface area contributed by atoms with Crippen molar-refractivity contribution in [3.8, 4) is 5.75 Å². The molecular formula is C14H22N2O2. The molecule has 0 bridgehead atoms. The van der Waals surface area contributed by atoms with E-state index in [1.54, 1.807) is 21.0 Å². The van der Waals surface area contributed by atoms with Gasteiger partial charge in [-0.1, -0.05) is 12.1 Å². The maximum Gasteiger partial charge on any atom is 0.262 e. The van der Waals surface area contributed by atoms with E-state index in [2.05, 4.69) is 0 Å². The van der Waals surface area contributed by atoms with Crippen LogP contribution in [0, 0.1) is 13.8 Å². The lowest BCUT2D eigenvalue weighted by Gasteiger charge is -2.21. The van der Waals surface area contributed by atoms with Gasteiger partial charge in [-0.25, -0.2) is 0 Å². The van der Waals surface area contributed by atoms with Crippen molar-refractivity contribution in [2.24, 2.45) is 5.73 Å². The van der Waals surface area contributed by atoms with Crippen molar-refractivity contribution < 1.29 is 9.53 Å². The average molecular weight is 250 g/mol. The van der Waals surface area contributed by atoms with Crippen LogP contribution in [-0.4, -0.2) is 31.0 Å². The molecule has 1 amide bonds. The molecule has 0 saturated carbocycles. The van der Waals surface area contributed by atoms with Crippen LogP contribution in [-0.2, 0) is 11.3 Å². The number of rotatable bonds is 4. The molecule has 0 spiro atoms. The van der Waals surface area contributed by atoms with Gasteiger partial charge in [-0.15, -0.1) is 0 Å². The Morgan fingerprint density at radius 3 is 2.22 bits per heavy atom. The summed E-state index contributed by atoms with van der Waals surface area (Å²) in [4.78, 5) is 13.3. The Balaban J connectivity index is 2.95. The fourth-order valence-corrected chi connectivity index (χ4v) is 1.93. The van der Waals surface area contributed by atoms with Gasteiger partial charge in [-0.2, -0.15) is 0 Å². The van der Waals surface area contributed by atoms with Crippen molar-refractivity contribution in [3.63, 3.8) is 0 Å². The predicted octanol–water partition coefficient (Wildman–Crippen LogP) is 1.62. The summed E-state index contributed by atoms with van der Waals surface area (Å²) in [5.74, 6) is 0.728. The SMILES string of the molecule is Cc1cc(CN)cc(C)c1OC(C)C(=O)N(C)C. The summed E-state index contributed by atoms with van der Waals surface area (Å²) in [6.45, 7) is 6.20. The molecule has 4 nitrogen and oxygen atoms in total. The van der Waals surface area contributed by atoms with Crippen LogP contribution in [0.15, 0.2) is 12.1 Å². The zero-order valence-electron chi connectivity index (χ0n) is 11.8. The van der Waals surface area contributed by atoms with Crippen molar-refractivity contribution in [2.75, 3.05) is 14.1 Å². The number of carbonyl (C=O) groups is 1. The number of aryl methyl sites for hydroxylation is 2. The summed E-state index contributed by atoms with van der Waals surface area (Å²) >= 11 is 0. The normalized spacial score (nSPS) is 12.1. The predicted molar refractivity (Wildman–Crippen MR) is 72.6 cm³/mol. The highest BCUT2D eigenvalue weighted by Gasteiger charge is 2.18. The van der Waals surface area contributed by atoms with Crippen molar-refractivity contribution in [2.45, 2.75) is 33.4 Å². The second kappa shape index (κ2) is 5.87. The van der Waals surface area contributed by atoms with E-state index in [-0.39, 0.29) is 5.91 Å². The maximum atomic E-state index is 11.8. The first-order chi connectivity index (χ1) is 8.36. The van der Waals surface area contributed by atoms with Crippen LogP contribution in [0.3, 0.4) is 0 Å². The first kappa shape index (κ1) is 14.5. The first-order valence-electron chi connectivity index (χ1n) is 6.04. The van der Waals surface area contributed by atoms with Crippen molar-refractivity contribution in [1.82, 2.24) is 4.90 Å². The number of hydrogen-bond donors (Lipinski definition) is 1.